The van der Waals surface area contributed by atoms with Gasteiger partial charge in [0, 0.05) is 32.2 Å². The molecule has 0 aliphatic carbocycles. The molecule has 0 atom stereocenters. The van der Waals surface area contributed by atoms with E-state index in [0.29, 0.717) is 31.2 Å². The number of carbonyl (C=O) groups is 1. The number of hydrogen-bond donors (Lipinski definition) is 3. The van der Waals surface area contributed by atoms with Gasteiger partial charge in [0.1, 0.15) is 5.75 Å². The van der Waals surface area contributed by atoms with Gasteiger partial charge >= 0.3 is 0 Å². The average molecular weight is 482 g/mol. The first kappa shape index (κ1) is 22.8. The van der Waals surface area contributed by atoms with Crippen LogP contribution in [0.5, 0.6) is 5.75 Å². The van der Waals surface area contributed by atoms with Crippen molar-refractivity contribution in [2.24, 2.45) is 4.99 Å². The zero-order chi connectivity index (χ0) is 18.8. The van der Waals surface area contributed by atoms with Crippen molar-refractivity contribution in [1.82, 2.24) is 16.0 Å². The van der Waals surface area contributed by atoms with Crippen LogP contribution in [0.2, 0.25) is 0 Å². The summed E-state index contributed by atoms with van der Waals surface area (Å²) in [4.78, 5) is 16.3. The summed E-state index contributed by atoms with van der Waals surface area (Å²) in [7, 11) is 3.32. The molecule has 0 aliphatic heterocycles. The minimum atomic E-state index is -0.114. The monoisotopic (exact) mass is 482 g/mol. The van der Waals surface area contributed by atoms with Gasteiger partial charge in [-0.15, -0.1) is 24.0 Å². The van der Waals surface area contributed by atoms with Crippen LogP contribution in [0.1, 0.15) is 21.5 Å². The predicted molar refractivity (Wildman–Crippen MR) is 120 cm³/mol. The summed E-state index contributed by atoms with van der Waals surface area (Å²) in [5.41, 5.74) is 3.07. The van der Waals surface area contributed by atoms with Gasteiger partial charge in [0.05, 0.1) is 7.11 Å². The van der Waals surface area contributed by atoms with E-state index in [1.165, 1.54) is 11.1 Å². The van der Waals surface area contributed by atoms with Crippen molar-refractivity contribution in [3.05, 3.63) is 65.2 Å². The Morgan fingerprint density at radius 3 is 2.30 bits per heavy atom. The molecule has 0 fully saturated rings. The Bertz CT molecular complexity index is 748. The Morgan fingerprint density at radius 1 is 1.00 bits per heavy atom. The molecule has 0 saturated heterocycles. The molecule has 3 N–H and O–H groups in total. The summed E-state index contributed by atoms with van der Waals surface area (Å²) in [5.74, 6) is 1.32. The van der Waals surface area contributed by atoms with Gasteiger partial charge in [-0.2, -0.15) is 0 Å². The van der Waals surface area contributed by atoms with Crippen LogP contribution in [-0.2, 0) is 6.54 Å². The van der Waals surface area contributed by atoms with Crippen LogP contribution in [-0.4, -0.2) is 39.1 Å². The molecule has 146 valence electrons. The molecule has 2 aromatic carbocycles. The highest BCUT2D eigenvalue weighted by Gasteiger charge is 2.05. The molecule has 0 radical (unpaired) electrons. The number of guanidine groups is 1. The van der Waals surface area contributed by atoms with E-state index in [1.807, 2.05) is 12.1 Å². The van der Waals surface area contributed by atoms with Gasteiger partial charge < -0.3 is 20.7 Å². The molecule has 2 aromatic rings. The summed E-state index contributed by atoms with van der Waals surface area (Å²) in [5, 5.41) is 9.33. The van der Waals surface area contributed by atoms with E-state index in [4.69, 9.17) is 4.74 Å². The number of halogens is 1. The van der Waals surface area contributed by atoms with Crippen LogP contribution in [0.25, 0.3) is 0 Å². The minimum absolute atomic E-state index is 0. The number of ether oxygens (including phenoxy) is 1. The predicted octanol–water partition coefficient (Wildman–Crippen LogP) is 2.72. The molecule has 0 aromatic heterocycles. The van der Waals surface area contributed by atoms with Crippen molar-refractivity contribution in [3.8, 4) is 5.75 Å². The van der Waals surface area contributed by atoms with Gasteiger partial charge in [0.2, 0.25) is 0 Å². The molecular formula is C20H27IN4O2. The molecule has 1 amide bonds. The number of nitrogens with one attached hydrogen (secondary N) is 3. The number of aliphatic imine (C=N–C) groups is 1. The molecule has 2 rings (SSSR count). The fraction of sp³-hybridized carbons (Fsp3) is 0.300. The number of rotatable bonds is 7. The fourth-order valence-corrected chi connectivity index (χ4v) is 2.41. The van der Waals surface area contributed by atoms with Crippen LogP contribution in [0.15, 0.2) is 53.5 Å². The van der Waals surface area contributed by atoms with E-state index in [0.717, 1.165) is 5.75 Å². The topological polar surface area (TPSA) is 74.8 Å². The van der Waals surface area contributed by atoms with Crippen molar-refractivity contribution < 1.29 is 9.53 Å². The van der Waals surface area contributed by atoms with Gasteiger partial charge in [-0.05, 0) is 42.3 Å². The number of methoxy groups -OCH3 is 1. The van der Waals surface area contributed by atoms with Gasteiger partial charge in [-0.3, -0.25) is 9.79 Å². The van der Waals surface area contributed by atoms with Crippen LogP contribution in [0.4, 0.5) is 0 Å². The molecule has 0 saturated carbocycles. The van der Waals surface area contributed by atoms with Crippen molar-refractivity contribution in [1.29, 1.82) is 0 Å². The standard InChI is InChI=1S/C20H26N4O2.HI/c1-15-6-4-5-7-17(15)14-24-20(21-2)23-13-12-22-19(25)16-8-10-18(26-3)11-9-16;/h4-11H,12-14H2,1-3H3,(H,22,25)(H2,21,23,24);1H. The summed E-state index contributed by atoms with van der Waals surface area (Å²) in [6.07, 6.45) is 0. The lowest BCUT2D eigenvalue weighted by atomic mass is 10.1. The van der Waals surface area contributed by atoms with Crippen LogP contribution < -0.4 is 20.7 Å². The number of hydrogen-bond acceptors (Lipinski definition) is 3. The molecule has 0 spiro atoms. The van der Waals surface area contributed by atoms with E-state index in [1.54, 1.807) is 38.4 Å². The number of aryl methyl sites for hydroxylation is 1. The minimum Gasteiger partial charge on any atom is -0.497 e. The Hall–Kier alpha value is -2.29. The van der Waals surface area contributed by atoms with Crippen LogP contribution in [0, 0.1) is 6.92 Å². The lowest BCUT2D eigenvalue weighted by Crippen LogP contribution is -2.41. The second-order valence-corrected chi connectivity index (χ2v) is 5.76. The van der Waals surface area contributed by atoms with Crippen molar-refractivity contribution in [2.75, 3.05) is 27.2 Å². The lowest BCUT2D eigenvalue weighted by molar-refractivity contribution is 0.0954. The molecule has 0 unspecified atom stereocenters. The van der Waals surface area contributed by atoms with Crippen LogP contribution in [0.3, 0.4) is 0 Å². The Labute approximate surface area is 177 Å². The second-order valence-electron chi connectivity index (χ2n) is 5.76. The smallest absolute Gasteiger partial charge is 0.251 e. The third kappa shape index (κ3) is 7.46. The van der Waals surface area contributed by atoms with E-state index in [2.05, 4.69) is 40.0 Å². The summed E-state index contributed by atoms with van der Waals surface area (Å²) < 4.78 is 5.09. The largest absolute Gasteiger partial charge is 0.497 e. The highest BCUT2D eigenvalue weighted by molar-refractivity contribution is 14.0. The first-order valence-electron chi connectivity index (χ1n) is 8.55. The SMILES string of the molecule is CN=C(NCCNC(=O)c1ccc(OC)cc1)NCc1ccccc1C.I. The molecular weight excluding hydrogens is 455 g/mol. The van der Waals surface area contributed by atoms with Gasteiger partial charge in [0.15, 0.2) is 5.96 Å². The zero-order valence-electron chi connectivity index (χ0n) is 15.9. The normalized spacial score (nSPS) is 10.6. The van der Waals surface area contributed by atoms with Crippen molar-refractivity contribution in [2.45, 2.75) is 13.5 Å². The maximum Gasteiger partial charge on any atom is 0.251 e. The molecule has 6 nitrogen and oxygen atoms in total. The third-order valence-electron chi connectivity index (χ3n) is 3.99. The van der Waals surface area contributed by atoms with E-state index in [-0.39, 0.29) is 29.9 Å². The second kappa shape index (κ2) is 12.2. The highest BCUT2D eigenvalue weighted by atomic mass is 127. The van der Waals surface area contributed by atoms with E-state index < -0.39 is 0 Å². The first-order valence-corrected chi connectivity index (χ1v) is 8.55. The Morgan fingerprint density at radius 2 is 1.67 bits per heavy atom. The third-order valence-corrected chi connectivity index (χ3v) is 3.99. The van der Waals surface area contributed by atoms with Crippen LogP contribution >= 0.6 is 24.0 Å². The number of benzene rings is 2. The van der Waals surface area contributed by atoms with Gasteiger partial charge in [0.25, 0.3) is 5.91 Å². The maximum atomic E-state index is 12.1. The highest BCUT2D eigenvalue weighted by Crippen LogP contribution is 2.10. The Balaban J connectivity index is 0.00000364. The zero-order valence-corrected chi connectivity index (χ0v) is 18.2. The van der Waals surface area contributed by atoms with E-state index in [9.17, 15) is 4.79 Å². The quantitative estimate of drug-likeness (QED) is 0.246. The Kier molecular flexibility index (Phi) is 10.2. The molecule has 0 bridgehead atoms. The maximum absolute atomic E-state index is 12.1. The molecule has 7 heteroatoms. The average Bonchev–Trinajstić information content (AvgIpc) is 2.68. The molecule has 27 heavy (non-hydrogen) atoms. The van der Waals surface area contributed by atoms with Gasteiger partial charge in [-0.1, -0.05) is 24.3 Å². The number of amides is 1. The first-order chi connectivity index (χ1) is 12.6. The summed E-state index contributed by atoms with van der Waals surface area (Å²) in [6.45, 7) is 3.86. The number of nitrogens with zero attached hydrogens (tertiary/aromatic N) is 1. The van der Waals surface area contributed by atoms with Gasteiger partial charge in [-0.25, -0.2) is 0 Å². The van der Waals surface area contributed by atoms with Crippen molar-refractivity contribution >= 4 is 35.8 Å². The lowest BCUT2D eigenvalue weighted by Gasteiger charge is -2.13. The summed E-state index contributed by atoms with van der Waals surface area (Å²) in [6, 6.07) is 15.2. The fourth-order valence-electron chi connectivity index (χ4n) is 2.41. The number of carbonyl (C=O) groups excluding carboxylic acids is 1. The molecule has 0 heterocycles. The van der Waals surface area contributed by atoms with Crippen molar-refractivity contribution in [3.63, 3.8) is 0 Å². The summed E-state index contributed by atoms with van der Waals surface area (Å²) >= 11 is 0. The molecule has 0 aliphatic rings. The van der Waals surface area contributed by atoms with E-state index >= 15 is 0 Å².